The fourth-order valence-electron chi connectivity index (χ4n) is 5.72. The summed E-state index contributed by atoms with van der Waals surface area (Å²) in [6, 6.07) is 4.50. The molecule has 1 aromatic rings. The third kappa shape index (κ3) is 3.66. The van der Waals surface area contributed by atoms with E-state index in [4.69, 9.17) is 15.2 Å². The maximum Gasteiger partial charge on any atom is 0.255 e. The van der Waals surface area contributed by atoms with Crippen LogP contribution in [0.5, 0.6) is 5.75 Å². The fraction of sp³-hybridized carbons (Fsp3) is 0.370. The average Bonchev–Trinajstić information content (AvgIpc) is 2.82. The Bertz CT molecular complexity index is 1230. The molecule has 1 saturated carbocycles. The highest BCUT2D eigenvalue weighted by atomic mass is 16.5. The molecule has 0 spiro atoms. The van der Waals surface area contributed by atoms with Crippen LogP contribution in [0.3, 0.4) is 0 Å². The standard InChI is InChI=1S/C27H30N2O7/c1-5-10-35-17-9-7-8-14-12-15-13-16-21(29(3)4)23(36-11-6-2)20(26(28)33)25(32)27(16,34)24(31)19(15)22(30)18(14)17/h5-9,15-16,21,30,34H,1-2,10-13H2,3-4H3,(H2,28,33)/t15-,16-,21-,27-/m0/s1. The number of carbonyl (C=O) groups excluding carboxylic acids is 3. The smallest absolute Gasteiger partial charge is 0.255 e. The molecule has 0 aliphatic heterocycles. The normalized spacial score (nSPS) is 27.3. The summed E-state index contributed by atoms with van der Waals surface area (Å²) < 4.78 is 11.4. The lowest BCUT2D eigenvalue weighted by Gasteiger charge is -2.50. The number of aliphatic hydroxyl groups excluding tert-OH is 1. The second-order valence-electron chi connectivity index (χ2n) is 9.43. The summed E-state index contributed by atoms with van der Waals surface area (Å²) in [6.45, 7) is 7.42. The number of Topliss-reactive ketones (excluding diaryl/α,β-unsaturated/α-hetero) is 2. The van der Waals surface area contributed by atoms with Gasteiger partial charge in [-0.05, 0) is 44.5 Å². The quantitative estimate of drug-likeness (QED) is 0.280. The third-order valence-electron chi connectivity index (χ3n) is 7.13. The van der Waals surface area contributed by atoms with Crippen LogP contribution in [0, 0.1) is 11.8 Å². The molecule has 1 fully saturated rings. The highest BCUT2D eigenvalue weighted by Crippen LogP contribution is 2.52. The second kappa shape index (κ2) is 9.40. The van der Waals surface area contributed by atoms with Crippen molar-refractivity contribution in [3.8, 4) is 5.75 Å². The molecule has 4 rings (SSSR count). The SMILES string of the molecule is C=CCOC1=C(C(N)=O)C(=O)[C@@]2(O)C(=O)C3=C(O)c4c(cccc4OCC=C)C[C@H]3C[C@H]2[C@@H]1N(C)C. The van der Waals surface area contributed by atoms with Gasteiger partial charge in [0.05, 0.1) is 11.6 Å². The molecule has 0 bridgehead atoms. The summed E-state index contributed by atoms with van der Waals surface area (Å²) in [6.07, 6.45) is 3.58. The van der Waals surface area contributed by atoms with E-state index in [9.17, 15) is 24.6 Å². The van der Waals surface area contributed by atoms with Crippen LogP contribution in [0.4, 0.5) is 0 Å². The van der Waals surface area contributed by atoms with Crippen molar-refractivity contribution >= 4 is 23.2 Å². The Morgan fingerprint density at radius 1 is 1.19 bits per heavy atom. The minimum atomic E-state index is -2.60. The van der Waals surface area contributed by atoms with Crippen LogP contribution in [-0.4, -0.2) is 71.5 Å². The topological polar surface area (TPSA) is 139 Å². The van der Waals surface area contributed by atoms with Gasteiger partial charge in [-0.15, -0.1) is 0 Å². The number of aliphatic hydroxyl groups is 2. The van der Waals surface area contributed by atoms with Crippen molar-refractivity contribution < 1.29 is 34.1 Å². The first-order chi connectivity index (χ1) is 17.1. The molecule has 0 heterocycles. The second-order valence-corrected chi connectivity index (χ2v) is 9.43. The molecule has 4 atom stereocenters. The van der Waals surface area contributed by atoms with Gasteiger partial charge in [0.25, 0.3) is 5.91 Å². The van der Waals surface area contributed by atoms with Gasteiger partial charge in [0, 0.05) is 11.5 Å². The Balaban J connectivity index is 1.91. The Hall–Kier alpha value is -3.69. The van der Waals surface area contributed by atoms with Crippen LogP contribution in [-0.2, 0) is 25.5 Å². The number of nitrogens with zero attached hydrogens (tertiary/aromatic N) is 1. The summed E-state index contributed by atoms with van der Waals surface area (Å²) in [5, 5.41) is 23.1. The van der Waals surface area contributed by atoms with Gasteiger partial charge in [0.15, 0.2) is 5.60 Å². The summed E-state index contributed by atoms with van der Waals surface area (Å²) in [5.74, 6) is -4.57. The van der Waals surface area contributed by atoms with Crippen molar-refractivity contribution in [2.45, 2.75) is 24.5 Å². The fourth-order valence-corrected chi connectivity index (χ4v) is 5.72. The largest absolute Gasteiger partial charge is 0.507 e. The maximum absolute atomic E-state index is 13.9. The summed E-state index contributed by atoms with van der Waals surface area (Å²) in [4.78, 5) is 41.6. The monoisotopic (exact) mass is 494 g/mol. The number of amides is 1. The van der Waals surface area contributed by atoms with E-state index in [0.29, 0.717) is 17.7 Å². The molecule has 0 radical (unpaired) electrons. The van der Waals surface area contributed by atoms with E-state index in [1.807, 2.05) is 6.07 Å². The van der Waals surface area contributed by atoms with Gasteiger partial charge in [-0.25, -0.2) is 0 Å². The first-order valence-electron chi connectivity index (χ1n) is 11.6. The zero-order chi connectivity index (χ0) is 26.4. The summed E-state index contributed by atoms with van der Waals surface area (Å²) >= 11 is 0. The van der Waals surface area contributed by atoms with E-state index >= 15 is 0 Å². The van der Waals surface area contributed by atoms with Crippen molar-refractivity contribution in [2.75, 3.05) is 27.3 Å². The molecule has 3 aliphatic carbocycles. The number of carbonyl (C=O) groups is 3. The van der Waals surface area contributed by atoms with Gasteiger partial charge >= 0.3 is 0 Å². The van der Waals surface area contributed by atoms with Crippen LogP contribution in [0.1, 0.15) is 17.5 Å². The number of ketones is 2. The Morgan fingerprint density at radius 3 is 2.47 bits per heavy atom. The van der Waals surface area contributed by atoms with E-state index in [0.717, 1.165) is 5.56 Å². The van der Waals surface area contributed by atoms with Gasteiger partial charge in [0.1, 0.15) is 36.1 Å². The number of fused-ring (bicyclic) bond motifs is 3. The molecule has 3 aliphatic rings. The third-order valence-corrected chi connectivity index (χ3v) is 7.13. The van der Waals surface area contributed by atoms with Gasteiger partial charge < -0.3 is 25.4 Å². The Labute approximate surface area is 209 Å². The number of primary amides is 1. The molecule has 36 heavy (non-hydrogen) atoms. The van der Waals surface area contributed by atoms with Gasteiger partial charge in [-0.1, -0.05) is 37.4 Å². The first-order valence-corrected chi connectivity index (χ1v) is 11.6. The van der Waals surface area contributed by atoms with Crippen molar-refractivity contribution in [1.82, 2.24) is 4.90 Å². The van der Waals surface area contributed by atoms with Crippen molar-refractivity contribution in [2.24, 2.45) is 17.6 Å². The van der Waals surface area contributed by atoms with E-state index in [1.54, 1.807) is 37.2 Å². The van der Waals surface area contributed by atoms with Crippen LogP contribution in [0.2, 0.25) is 0 Å². The molecule has 1 aromatic carbocycles. The molecular formula is C27H30N2O7. The molecule has 0 unspecified atom stereocenters. The van der Waals surface area contributed by atoms with E-state index < -0.39 is 46.5 Å². The number of benzene rings is 1. The predicted molar refractivity (Wildman–Crippen MR) is 132 cm³/mol. The van der Waals surface area contributed by atoms with Crippen LogP contribution < -0.4 is 10.5 Å². The lowest BCUT2D eigenvalue weighted by Crippen LogP contribution is -2.67. The number of hydrogen-bond acceptors (Lipinski definition) is 8. The van der Waals surface area contributed by atoms with Crippen molar-refractivity contribution in [3.05, 3.63) is 71.5 Å². The predicted octanol–water partition coefficient (Wildman–Crippen LogP) is 1.47. The summed E-state index contributed by atoms with van der Waals surface area (Å²) in [7, 11) is 3.40. The number of nitrogens with two attached hydrogens (primary N) is 1. The molecule has 9 heteroatoms. The average molecular weight is 495 g/mol. The van der Waals surface area contributed by atoms with Crippen molar-refractivity contribution in [1.29, 1.82) is 0 Å². The first kappa shape index (κ1) is 25.4. The number of hydrogen-bond donors (Lipinski definition) is 3. The van der Waals surface area contributed by atoms with Gasteiger partial charge in [0.2, 0.25) is 11.6 Å². The lowest BCUT2D eigenvalue weighted by molar-refractivity contribution is -0.162. The minimum Gasteiger partial charge on any atom is -0.507 e. The van der Waals surface area contributed by atoms with Crippen LogP contribution >= 0.6 is 0 Å². The van der Waals surface area contributed by atoms with Gasteiger partial charge in [-0.2, -0.15) is 0 Å². The Kier molecular flexibility index (Phi) is 6.64. The van der Waals surface area contributed by atoms with Gasteiger partial charge in [-0.3, -0.25) is 19.3 Å². The maximum atomic E-state index is 13.9. The number of rotatable bonds is 8. The van der Waals surface area contributed by atoms with Crippen LogP contribution in [0.15, 0.2) is 60.4 Å². The molecule has 0 saturated heterocycles. The zero-order valence-corrected chi connectivity index (χ0v) is 20.3. The number of ether oxygens (including phenoxy) is 2. The Morgan fingerprint density at radius 2 is 1.86 bits per heavy atom. The molecule has 190 valence electrons. The highest BCUT2D eigenvalue weighted by Gasteiger charge is 2.65. The highest BCUT2D eigenvalue weighted by molar-refractivity contribution is 6.33. The number of likely N-dealkylation sites (N-methyl/N-ethyl adjacent to an activating group) is 1. The molecule has 9 nitrogen and oxygen atoms in total. The molecule has 0 aromatic heterocycles. The molecule has 4 N–H and O–H groups in total. The van der Waals surface area contributed by atoms with E-state index in [-0.39, 0.29) is 36.7 Å². The van der Waals surface area contributed by atoms with Crippen molar-refractivity contribution in [3.63, 3.8) is 0 Å². The molecule has 1 amide bonds. The van der Waals surface area contributed by atoms with E-state index in [2.05, 4.69) is 13.2 Å². The molecular weight excluding hydrogens is 464 g/mol. The minimum absolute atomic E-state index is 0.000934. The summed E-state index contributed by atoms with van der Waals surface area (Å²) in [5.41, 5.74) is 3.45. The lowest BCUT2D eigenvalue weighted by atomic mass is 9.57. The van der Waals surface area contributed by atoms with Crippen LogP contribution in [0.25, 0.3) is 5.76 Å². The van der Waals surface area contributed by atoms with E-state index in [1.165, 1.54) is 6.08 Å². The zero-order valence-electron chi connectivity index (χ0n) is 20.3.